The maximum Gasteiger partial charge on any atom is 0.123 e. The first kappa shape index (κ1) is 13.7. The second kappa shape index (κ2) is 5.97. The highest BCUT2D eigenvalue weighted by molar-refractivity contribution is 5.24. The van der Waals surface area contributed by atoms with Crippen LogP contribution in [0.25, 0.3) is 0 Å². The number of nitrogens with zero attached hydrogens (tertiary/aromatic N) is 2. The number of halogens is 1. The van der Waals surface area contributed by atoms with Crippen molar-refractivity contribution in [1.82, 2.24) is 15.1 Å². The Bertz CT molecular complexity index is 543. The summed E-state index contributed by atoms with van der Waals surface area (Å²) in [5.41, 5.74) is 4.69. The van der Waals surface area contributed by atoms with Crippen LogP contribution in [0.4, 0.5) is 4.39 Å². The number of aryl methyl sites for hydroxylation is 2. The van der Waals surface area contributed by atoms with Crippen LogP contribution in [0, 0.1) is 19.7 Å². The van der Waals surface area contributed by atoms with Gasteiger partial charge in [-0.15, -0.1) is 0 Å². The molecule has 0 aliphatic rings. The molecule has 102 valence electrons. The largest absolute Gasteiger partial charge is 0.312 e. The lowest BCUT2D eigenvalue weighted by Crippen LogP contribution is -2.17. The molecule has 1 N–H and O–H groups in total. The standard InChI is InChI=1S/C15H20FN3/c1-11-15(12(2)19(3)18-11)10-17-9-8-13-4-6-14(16)7-5-13/h4-7,17H,8-10H2,1-3H3. The smallest absolute Gasteiger partial charge is 0.123 e. The zero-order valence-electron chi connectivity index (χ0n) is 11.7. The molecule has 0 fully saturated rings. The van der Waals surface area contributed by atoms with Crippen molar-refractivity contribution >= 4 is 0 Å². The van der Waals surface area contributed by atoms with Gasteiger partial charge in [-0.05, 0) is 44.5 Å². The lowest BCUT2D eigenvalue weighted by Gasteiger charge is -2.06. The molecule has 2 rings (SSSR count). The van der Waals surface area contributed by atoms with Gasteiger partial charge >= 0.3 is 0 Å². The van der Waals surface area contributed by atoms with Crippen molar-refractivity contribution in [3.05, 3.63) is 52.6 Å². The van der Waals surface area contributed by atoms with Crippen LogP contribution >= 0.6 is 0 Å². The van der Waals surface area contributed by atoms with Gasteiger partial charge in [-0.25, -0.2) is 4.39 Å². The zero-order chi connectivity index (χ0) is 13.8. The van der Waals surface area contributed by atoms with Gasteiger partial charge in [0.05, 0.1) is 5.69 Å². The van der Waals surface area contributed by atoms with E-state index in [1.807, 2.05) is 30.8 Å². The minimum absolute atomic E-state index is 0.182. The van der Waals surface area contributed by atoms with E-state index in [1.54, 1.807) is 0 Å². The van der Waals surface area contributed by atoms with Crippen LogP contribution in [0.15, 0.2) is 24.3 Å². The molecule has 0 saturated heterocycles. The normalized spacial score (nSPS) is 10.9. The van der Waals surface area contributed by atoms with Crippen molar-refractivity contribution in [3.63, 3.8) is 0 Å². The van der Waals surface area contributed by atoms with Crippen LogP contribution in [-0.2, 0) is 20.0 Å². The third-order valence-electron chi connectivity index (χ3n) is 3.46. The molecule has 0 bridgehead atoms. The molecule has 1 aromatic carbocycles. The molecule has 0 unspecified atom stereocenters. The molecule has 19 heavy (non-hydrogen) atoms. The van der Waals surface area contributed by atoms with Crippen molar-refractivity contribution in [3.8, 4) is 0 Å². The number of aromatic nitrogens is 2. The Balaban J connectivity index is 1.82. The molecule has 0 radical (unpaired) electrons. The fourth-order valence-corrected chi connectivity index (χ4v) is 2.17. The molecule has 1 heterocycles. The minimum atomic E-state index is -0.182. The third kappa shape index (κ3) is 3.41. The molecule has 2 aromatic rings. The van der Waals surface area contributed by atoms with Gasteiger partial charge in [-0.1, -0.05) is 12.1 Å². The Hall–Kier alpha value is -1.68. The van der Waals surface area contributed by atoms with E-state index < -0.39 is 0 Å². The van der Waals surface area contributed by atoms with Crippen LogP contribution in [-0.4, -0.2) is 16.3 Å². The Morgan fingerprint density at radius 1 is 1.21 bits per heavy atom. The average molecular weight is 261 g/mol. The topological polar surface area (TPSA) is 29.9 Å². The Morgan fingerprint density at radius 2 is 1.89 bits per heavy atom. The first-order valence-corrected chi connectivity index (χ1v) is 6.52. The van der Waals surface area contributed by atoms with Crippen LogP contribution < -0.4 is 5.32 Å². The maximum atomic E-state index is 12.8. The molecule has 0 atom stereocenters. The van der Waals surface area contributed by atoms with Crippen molar-refractivity contribution in [2.24, 2.45) is 7.05 Å². The van der Waals surface area contributed by atoms with E-state index in [4.69, 9.17) is 0 Å². The van der Waals surface area contributed by atoms with E-state index in [-0.39, 0.29) is 5.82 Å². The second-order valence-electron chi connectivity index (χ2n) is 4.83. The summed E-state index contributed by atoms with van der Waals surface area (Å²) in [4.78, 5) is 0. The molecule has 4 heteroatoms. The van der Waals surface area contributed by atoms with Gasteiger partial charge in [0.1, 0.15) is 5.82 Å². The summed E-state index contributed by atoms with van der Waals surface area (Å²) in [5, 5.41) is 7.80. The molecule has 1 aromatic heterocycles. The first-order valence-electron chi connectivity index (χ1n) is 6.52. The van der Waals surface area contributed by atoms with Gasteiger partial charge in [0.25, 0.3) is 0 Å². The second-order valence-corrected chi connectivity index (χ2v) is 4.83. The molecule has 0 aliphatic carbocycles. The van der Waals surface area contributed by atoms with E-state index in [1.165, 1.54) is 23.4 Å². The maximum absolute atomic E-state index is 12.8. The molecule has 0 aliphatic heterocycles. The van der Waals surface area contributed by atoms with Crippen molar-refractivity contribution in [2.75, 3.05) is 6.54 Å². The SMILES string of the molecule is Cc1nn(C)c(C)c1CNCCc1ccc(F)cc1. The lowest BCUT2D eigenvalue weighted by atomic mass is 10.1. The van der Waals surface area contributed by atoms with Crippen LogP contribution in [0.1, 0.15) is 22.5 Å². The molecule has 0 amide bonds. The zero-order valence-corrected chi connectivity index (χ0v) is 11.7. The molecule has 0 saturated carbocycles. The van der Waals surface area contributed by atoms with E-state index in [0.717, 1.165) is 30.8 Å². The van der Waals surface area contributed by atoms with E-state index in [0.29, 0.717) is 0 Å². The monoisotopic (exact) mass is 261 g/mol. The first-order chi connectivity index (χ1) is 9.08. The Kier molecular flexibility index (Phi) is 4.32. The highest BCUT2D eigenvalue weighted by atomic mass is 19.1. The summed E-state index contributed by atoms with van der Waals surface area (Å²) >= 11 is 0. The van der Waals surface area contributed by atoms with E-state index in [2.05, 4.69) is 17.3 Å². The fourth-order valence-electron chi connectivity index (χ4n) is 2.17. The molecule has 3 nitrogen and oxygen atoms in total. The van der Waals surface area contributed by atoms with Crippen molar-refractivity contribution in [1.29, 1.82) is 0 Å². The number of hydrogen-bond acceptors (Lipinski definition) is 2. The summed E-state index contributed by atoms with van der Waals surface area (Å²) < 4.78 is 14.7. The van der Waals surface area contributed by atoms with Crippen LogP contribution in [0.5, 0.6) is 0 Å². The van der Waals surface area contributed by atoms with E-state index in [9.17, 15) is 4.39 Å². The quantitative estimate of drug-likeness (QED) is 0.838. The molecular weight excluding hydrogens is 241 g/mol. The Labute approximate surface area is 113 Å². The predicted octanol–water partition coefficient (Wildman–Crippen LogP) is 2.51. The van der Waals surface area contributed by atoms with Gasteiger partial charge in [0.2, 0.25) is 0 Å². The van der Waals surface area contributed by atoms with Gasteiger partial charge < -0.3 is 5.32 Å². The predicted molar refractivity (Wildman–Crippen MR) is 74.5 cm³/mol. The summed E-state index contributed by atoms with van der Waals surface area (Å²) in [6.07, 6.45) is 0.901. The number of rotatable bonds is 5. The van der Waals surface area contributed by atoms with Crippen molar-refractivity contribution in [2.45, 2.75) is 26.8 Å². The van der Waals surface area contributed by atoms with E-state index >= 15 is 0 Å². The van der Waals surface area contributed by atoms with Gasteiger partial charge in [0, 0.05) is 24.8 Å². The summed E-state index contributed by atoms with van der Waals surface area (Å²) in [6.45, 7) is 5.81. The summed E-state index contributed by atoms with van der Waals surface area (Å²) in [7, 11) is 1.96. The highest BCUT2D eigenvalue weighted by Gasteiger charge is 2.08. The van der Waals surface area contributed by atoms with Crippen LogP contribution in [0.2, 0.25) is 0 Å². The Morgan fingerprint density at radius 3 is 2.47 bits per heavy atom. The van der Waals surface area contributed by atoms with Crippen LogP contribution in [0.3, 0.4) is 0 Å². The van der Waals surface area contributed by atoms with Gasteiger partial charge in [-0.2, -0.15) is 5.10 Å². The lowest BCUT2D eigenvalue weighted by molar-refractivity contribution is 0.625. The minimum Gasteiger partial charge on any atom is -0.312 e. The molecule has 0 spiro atoms. The van der Waals surface area contributed by atoms with Gasteiger partial charge in [0.15, 0.2) is 0 Å². The fraction of sp³-hybridized carbons (Fsp3) is 0.400. The third-order valence-corrected chi connectivity index (χ3v) is 3.46. The summed E-state index contributed by atoms with van der Waals surface area (Å²) in [5.74, 6) is -0.182. The van der Waals surface area contributed by atoms with Gasteiger partial charge in [-0.3, -0.25) is 4.68 Å². The highest BCUT2D eigenvalue weighted by Crippen LogP contribution is 2.11. The average Bonchev–Trinajstić information content (AvgIpc) is 2.62. The van der Waals surface area contributed by atoms with Crippen molar-refractivity contribution < 1.29 is 4.39 Å². The molecular formula is C15H20FN3. The number of nitrogens with one attached hydrogen (secondary N) is 1. The number of hydrogen-bond donors (Lipinski definition) is 1. The summed E-state index contributed by atoms with van der Waals surface area (Å²) in [6, 6.07) is 6.67. The number of benzene rings is 1.